The van der Waals surface area contributed by atoms with Crippen molar-refractivity contribution in [2.24, 2.45) is 0 Å². The lowest BCUT2D eigenvalue weighted by Gasteiger charge is -2.34. The Balaban J connectivity index is 2.29. The van der Waals surface area contributed by atoms with Crippen molar-refractivity contribution >= 4 is 27.3 Å². The third-order valence-corrected chi connectivity index (χ3v) is 5.34. The van der Waals surface area contributed by atoms with Gasteiger partial charge >= 0.3 is 0 Å². The number of anilines is 1. The minimum absolute atomic E-state index is 0.0156. The van der Waals surface area contributed by atoms with E-state index in [2.05, 4.69) is 4.72 Å². The number of nitrogens with one attached hydrogen (secondary N) is 1. The van der Waals surface area contributed by atoms with E-state index < -0.39 is 15.6 Å². The topological polar surface area (TPSA) is 81.4 Å². The van der Waals surface area contributed by atoms with Gasteiger partial charge in [-0.1, -0.05) is 11.6 Å². The fourth-order valence-corrected chi connectivity index (χ4v) is 4.03. The molecule has 0 radical (unpaired) electrons. The predicted molar refractivity (Wildman–Crippen MR) is 74.6 cm³/mol. The Bertz CT molecular complexity index is 568. The maximum atomic E-state index is 12.4. The molecule has 1 aromatic rings. The summed E-state index contributed by atoms with van der Waals surface area (Å²) in [4.78, 5) is 0.0156. The molecular weight excluding hydrogens is 288 g/mol. The number of nitrogen functional groups attached to an aromatic ring is 1. The molecule has 2 rings (SSSR count). The normalized spacial score (nSPS) is 19.3. The molecule has 1 heterocycles. The van der Waals surface area contributed by atoms with Crippen molar-refractivity contribution in [1.82, 2.24) is 4.72 Å². The van der Waals surface area contributed by atoms with Crippen molar-refractivity contribution in [3.8, 4) is 0 Å². The third-order valence-electron chi connectivity index (χ3n) is 3.22. The lowest BCUT2D eigenvalue weighted by molar-refractivity contribution is 0.0537. The Morgan fingerprint density at radius 2 is 2.00 bits per heavy atom. The van der Waals surface area contributed by atoms with Crippen molar-refractivity contribution < 1.29 is 13.2 Å². The molecule has 1 aliphatic heterocycles. The molecule has 0 aliphatic carbocycles. The molecule has 1 aliphatic rings. The van der Waals surface area contributed by atoms with Crippen molar-refractivity contribution in [2.75, 3.05) is 18.9 Å². The molecule has 0 spiro atoms. The summed E-state index contributed by atoms with van der Waals surface area (Å²) in [6.45, 7) is 2.96. The Morgan fingerprint density at radius 1 is 1.37 bits per heavy atom. The molecule has 19 heavy (non-hydrogen) atoms. The molecule has 1 saturated heterocycles. The molecule has 5 nitrogen and oxygen atoms in total. The van der Waals surface area contributed by atoms with Crippen LogP contribution in [0.4, 0.5) is 5.69 Å². The molecule has 0 saturated carbocycles. The first kappa shape index (κ1) is 14.6. The van der Waals surface area contributed by atoms with Gasteiger partial charge in [-0.2, -0.15) is 0 Å². The number of ether oxygens (including phenoxy) is 1. The van der Waals surface area contributed by atoms with Crippen LogP contribution >= 0.6 is 11.6 Å². The standard InChI is InChI=1S/C12H17ClN2O3S/c1-12(4-6-18-7-5-12)15-19(16,17)11-8-9(14)2-3-10(11)13/h2-3,8,15H,4-7,14H2,1H3. The van der Waals surface area contributed by atoms with E-state index in [1.807, 2.05) is 6.92 Å². The summed E-state index contributed by atoms with van der Waals surface area (Å²) in [6.07, 6.45) is 1.26. The van der Waals surface area contributed by atoms with Crippen LogP contribution in [0.2, 0.25) is 5.02 Å². The summed E-state index contributed by atoms with van der Waals surface area (Å²) in [7, 11) is -3.69. The minimum Gasteiger partial charge on any atom is -0.399 e. The van der Waals surface area contributed by atoms with Crippen LogP contribution in [0.25, 0.3) is 0 Å². The lowest BCUT2D eigenvalue weighted by Crippen LogP contribution is -2.49. The van der Waals surface area contributed by atoms with Crippen molar-refractivity contribution in [2.45, 2.75) is 30.2 Å². The van der Waals surface area contributed by atoms with Gasteiger partial charge in [-0.25, -0.2) is 13.1 Å². The number of rotatable bonds is 3. The Morgan fingerprint density at radius 3 is 2.63 bits per heavy atom. The highest BCUT2D eigenvalue weighted by atomic mass is 35.5. The molecule has 0 bridgehead atoms. The van der Waals surface area contributed by atoms with Gasteiger partial charge in [-0.05, 0) is 38.0 Å². The number of halogens is 1. The maximum absolute atomic E-state index is 12.4. The average molecular weight is 305 g/mol. The van der Waals surface area contributed by atoms with Crippen LogP contribution in [-0.4, -0.2) is 27.2 Å². The second-order valence-corrected chi connectivity index (χ2v) is 7.03. The summed E-state index contributed by atoms with van der Waals surface area (Å²) in [5.41, 5.74) is 5.47. The van der Waals surface area contributed by atoms with E-state index in [9.17, 15) is 8.42 Å². The smallest absolute Gasteiger partial charge is 0.242 e. The van der Waals surface area contributed by atoms with Gasteiger partial charge in [0.25, 0.3) is 0 Å². The molecule has 0 amide bonds. The van der Waals surface area contributed by atoms with Crippen LogP contribution in [0.3, 0.4) is 0 Å². The van der Waals surface area contributed by atoms with Crippen molar-refractivity contribution in [1.29, 1.82) is 0 Å². The van der Waals surface area contributed by atoms with Crippen LogP contribution in [0, 0.1) is 0 Å². The third kappa shape index (κ3) is 3.39. The maximum Gasteiger partial charge on any atom is 0.242 e. The van der Waals surface area contributed by atoms with Gasteiger partial charge in [0.2, 0.25) is 10.0 Å². The van der Waals surface area contributed by atoms with Crippen molar-refractivity contribution in [3.05, 3.63) is 23.2 Å². The van der Waals surface area contributed by atoms with Gasteiger partial charge in [0, 0.05) is 24.4 Å². The summed E-state index contributed by atoms with van der Waals surface area (Å²) < 4.78 is 32.7. The van der Waals surface area contributed by atoms with E-state index in [1.54, 1.807) is 6.07 Å². The molecule has 106 valence electrons. The van der Waals surface area contributed by atoms with E-state index in [0.29, 0.717) is 31.7 Å². The van der Waals surface area contributed by atoms with E-state index in [1.165, 1.54) is 12.1 Å². The molecule has 7 heteroatoms. The highest BCUT2D eigenvalue weighted by Crippen LogP contribution is 2.27. The fraction of sp³-hybridized carbons (Fsp3) is 0.500. The zero-order valence-corrected chi connectivity index (χ0v) is 12.2. The first-order valence-corrected chi connectivity index (χ1v) is 7.85. The number of sulfonamides is 1. The molecular formula is C12H17ClN2O3S. The van der Waals surface area contributed by atoms with Crippen LogP contribution in [0.15, 0.2) is 23.1 Å². The molecule has 1 aromatic carbocycles. The van der Waals surface area contributed by atoms with E-state index >= 15 is 0 Å². The van der Waals surface area contributed by atoms with E-state index in [-0.39, 0.29) is 9.92 Å². The molecule has 0 unspecified atom stereocenters. The summed E-state index contributed by atoms with van der Waals surface area (Å²) >= 11 is 5.94. The zero-order valence-electron chi connectivity index (χ0n) is 10.6. The van der Waals surface area contributed by atoms with Gasteiger partial charge < -0.3 is 10.5 Å². The van der Waals surface area contributed by atoms with Gasteiger partial charge in [0.15, 0.2) is 0 Å². The number of benzene rings is 1. The fourth-order valence-electron chi connectivity index (χ4n) is 2.03. The minimum atomic E-state index is -3.69. The largest absolute Gasteiger partial charge is 0.399 e. The second-order valence-electron chi connectivity index (χ2n) is 4.97. The second kappa shape index (κ2) is 5.28. The van der Waals surface area contributed by atoms with Crippen LogP contribution < -0.4 is 10.5 Å². The molecule has 3 N–H and O–H groups in total. The van der Waals surface area contributed by atoms with Gasteiger partial charge in [0.1, 0.15) is 4.90 Å². The molecule has 1 fully saturated rings. The number of hydrogen-bond donors (Lipinski definition) is 2. The number of hydrogen-bond acceptors (Lipinski definition) is 4. The van der Waals surface area contributed by atoms with Gasteiger partial charge in [-0.3, -0.25) is 0 Å². The quantitative estimate of drug-likeness (QED) is 0.834. The summed E-state index contributed by atoms with van der Waals surface area (Å²) in [6, 6.07) is 4.42. The lowest BCUT2D eigenvalue weighted by atomic mass is 9.94. The number of nitrogens with two attached hydrogens (primary N) is 1. The molecule has 0 aromatic heterocycles. The zero-order chi connectivity index (χ0) is 14.1. The predicted octanol–water partition coefficient (Wildman–Crippen LogP) is 1.77. The van der Waals surface area contributed by atoms with Crippen LogP contribution in [0.1, 0.15) is 19.8 Å². The van der Waals surface area contributed by atoms with Crippen LogP contribution in [0.5, 0.6) is 0 Å². The first-order chi connectivity index (χ1) is 8.82. The van der Waals surface area contributed by atoms with Gasteiger partial charge in [0.05, 0.1) is 5.02 Å². The Kier molecular flexibility index (Phi) is 4.06. The summed E-state index contributed by atoms with van der Waals surface area (Å²) in [5.74, 6) is 0. The SMILES string of the molecule is CC1(NS(=O)(=O)c2cc(N)ccc2Cl)CCOCC1. The molecule has 0 atom stereocenters. The Hall–Kier alpha value is -0.820. The van der Waals surface area contributed by atoms with E-state index in [0.717, 1.165) is 0 Å². The monoisotopic (exact) mass is 304 g/mol. The Labute approximate surface area is 118 Å². The summed E-state index contributed by atoms with van der Waals surface area (Å²) in [5, 5.41) is 0.164. The first-order valence-electron chi connectivity index (χ1n) is 5.99. The van der Waals surface area contributed by atoms with Crippen molar-refractivity contribution in [3.63, 3.8) is 0 Å². The van der Waals surface area contributed by atoms with E-state index in [4.69, 9.17) is 22.1 Å². The highest BCUT2D eigenvalue weighted by molar-refractivity contribution is 7.89. The average Bonchev–Trinajstić information content (AvgIpc) is 2.31. The van der Waals surface area contributed by atoms with Gasteiger partial charge in [-0.15, -0.1) is 0 Å². The van der Waals surface area contributed by atoms with Crippen LogP contribution in [-0.2, 0) is 14.8 Å². The highest BCUT2D eigenvalue weighted by Gasteiger charge is 2.33.